The Morgan fingerprint density at radius 3 is 3.06 bits per heavy atom. The molecule has 3 rings (SSSR count). The number of benzene rings is 1. The Bertz CT molecular complexity index is 556. The number of nitrogens with one attached hydrogen (secondary N) is 1. The molecule has 16 heavy (non-hydrogen) atoms. The molecule has 1 aromatic carbocycles. The molecule has 0 radical (unpaired) electrons. The van der Waals surface area contributed by atoms with Crippen molar-refractivity contribution >= 4 is 16.9 Å². The van der Waals surface area contributed by atoms with Gasteiger partial charge in [-0.25, -0.2) is 0 Å². The minimum atomic E-state index is -0.212. The highest BCUT2D eigenvalue weighted by Crippen LogP contribution is 2.38. The lowest BCUT2D eigenvalue weighted by Gasteiger charge is -2.09. The molecule has 1 aliphatic rings. The molecular weight excluding hydrogens is 202 g/mol. The Morgan fingerprint density at radius 2 is 2.25 bits per heavy atom. The van der Waals surface area contributed by atoms with E-state index in [-0.39, 0.29) is 12.1 Å². The van der Waals surface area contributed by atoms with Gasteiger partial charge in [0.2, 0.25) is 0 Å². The first-order chi connectivity index (χ1) is 7.75. The van der Waals surface area contributed by atoms with Crippen molar-refractivity contribution in [3.05, 3.63) is 35.5 Å². The molecule has 1 unspecified atom stereocenters. The van der Waals surface area contributed by atoms with Crippen molar-refractivity contribution in [3.63, 3.8) is 0 Å². The summed E-state index contributed by atoms with van der Waals surface area (Å²) in [6.07, 6.45) is 1.79. The summed E-state index contributed by atoms with van der Waals surface area (Å²) >= 11 is 0. The summed E-state index contributed by atoms with van der Waals surface area (Å²) in [4.78, 5) is 14.3. The highest BCUT2D eigenvalue weighted by molar-refractivity contribution is 5.85. The normalized spacial score (nSPS) is 18.7. The highest BCUT2D eigenvalue weighted by atomic mass is 16.5. The second-order valence-corrected chi connectivity index (χ2v) is 4.20. The number of hydrogen-bond donors (Lipinski definition) is 1. The number of fused-ring (bicyclic) bond motifs is 3. The molecule has 1 atom stereocenters. The summed E-state index contributed by atoms with van der Waals surface area (Å²) in [5, 5.41) is 1.26. The predicted octanol–water partition coefficient (Wildman–Crippen LogP) is 2.72. The van der Waals surface area contributed by atoms with Crippen LogP contribution in [0, 0.1) is 0 Å². The standard InChI is InChI=1S/C13H13NO2/c1-8(15)16-12-7-6-10-9-4-2-3-5-11(9)14-13(10)12/h2-5,12,14H,6-7H2,1H3. The fraction of sp³-hybridized carbons (Fsp3) is 0.308. The van der Waals surface area contributed by atoms with Gasteiger partial charge in [-0.15, -0.1) is 0 Å². The molecule has 0 saturated carbocycles. The first-order valence-corrected chi connectivity index (χ1v) is 5.52. The first-order valence-electron chi connectivity index (χ1n) is 5.52. The molecule has 2 aromatic rings. The Morgan fingerprint density at radius 1 is 1.44 bits per heavy atom. The van der Waals surface area contributed by atoms with Gasteiger partial charge in [-0.3, -0.25) is 4.79 Å². The van der Waals surface area contributed by atoms with Crippen molar-refractivity contribution < 1.29 is 9.53 Å². The topological polar surface area (TPSA) is 42.1 Å². The molecule has 82 valence electrons. The summed E-state index contributed by atoms with van der Waals surface area (Å²) in [6.45, 7) is 1.46. The zero-order chi connectivity index (χ0) is 11.1. The molecule has 0 saturated heterocycles. The molecule has 3 heteroatoms. The third-order valence-electron chi connectivity index (χ3n) is 3.13. The number of carbonyl (C=O) groups excluding carboxylic acids is 1. The van der Waals surface area contributed by atoms with Crippen LogP contribution >= 0.6 is 0 Å². The predicted molar refractivity (Wildman–Crippen MR) is 61.1 cm³/mol. The van der Waals surface area contributed by atoms with E-state index >= 15 is 0 Å². The van der Waals surface area contributed by atoms with Crippen LogP contribution in [0.15, 0.2) is 24.3 Å². The van der Waals surface area contributed by atoms with E-state index in [4.69, 9.17) is 4.74 Å². The molecule has 1 aliphatic carbocycles. The molecule has 0 amide bonds. The van der Waals surface area contributed by atoms with Gasteiger partial charge in [0.15, 0.2) is 0 Å². The second kappa shape index (κ2) is 3.37. The lowest BCUT2D eigenvalue weighted by atomic mass is 10.1. The van der Waals surface area contributed by atoms with E-state index in [1.165, 1.54) is 17.9 Å². The largest absolute Gasteiger partial charge is 0.456 e. The van der Waals surface area contributed by atoms with Crippen LogP contribution in [0.25, 0.3) is 10.9 Å². The van der Waals surface area contributed by atoms with Crippen LogP contribution < -0.4 is 0 Å². The van der Waals surface area contributed by atoms with Crippen LogP contribution in [0.4, 0.5) is 0 Å². The van der Waals surface area contributed by atoms with Gasteiger partial charge in [0.1, 0.15) is 6.10 Å². The van der Waals surface area contributed by atoms with E-state index in [2.05, 4.69) is 17.1 Å². The van der Waals surface area contributed by atoms with Crippen LogP contribution in [-0.4, -0.2) is 11.0 Å². The number of aryl methyl sites for hydroxylation is 1. The van der Waals surface area contributed by atoms with E-state index < -0.39 is 0 Å². The third-order valence-corrected chi connectivity index (χ3v) is 3.13. The van der Waals surface area contributed by atoms with E-state index in [0.717, 1.165) is 24.1 Å². The minimum Gasteiger partial charge on any atom is -0.456 e. The van der Waals surface area contributed by atoms with Gasteiger partial charge >= 0.3 is 5.97 Å². The Kier molecular flexibility index (Phi) is 1.99. The average molecular weight is 215 g/mol. The van der Waals surface area contributed by atoms with Crippen molar-refractivity contribution in [2.75, 3.05) is 0 Å². The van der Waals surface area contributed by atoms with Crippen molar-refractivity contribution in [1.29, 1.82) is 0 Å². The Balaban J connectivity index is 2.08. The van der Waals surface area contributed by atoms with Crippen LogP contribution in [0.3, 0.4) is 0 Å². The fourth-order valence-electron chi connectivity index (χ4n) is 2.50. The number of aromatic nitrogens is 1. The monoisotopic (exact) mass is 215 g/mol. The Hall–Kier alpha value is -1.77. The van der Waals surface area contributed by atoms with Crippen LogP contribution in [-0.2, 0) is 16.0 Å². The molecule has 3 nitrogen and oxygen atoms in total. The zero-order valence-electron chi connectivity index (χ0n) is 9.12. The van der Waals surface area contributed by atoms with Crippen molar-refractivity contribution in [3.8, 4) is 0 Å². The Labute approximate surface area is 93.4 Å². The maximum atomic E-state index is 11.0. The summed E-state index contributed by atoms with van der Waals surface area (Å²) in [7, 11) is 0. The van der Waals surface area contributed by atoms with Gasteiger partial charge in [0.05, 0.1) is 5.69 Å². The van der Waals surface area contributed by atoms with Crippen LogP contribution in [0.5, 0.6) is 0 Å². The molecule has 0 spiro atoms. The first kappa shape index (κ1) is 9.46. The summed E-state index contributed by atoms with van der Waals surface area (Å²) in [5.74, 6) is -0.212. The van der Waals surface area contributed by atoms with Crippen molar-refractivity contribution in [2.24, 2.45) is 0 Å². The molecular formula is C13H13NO2. The number of para-hydroxylation sites is 1. The molecule has 0 fully saturated rings. The van der Waals surface area contributed by atoms with E-state index in [1.54, 1.807) is 0 Å². The molecule has 0 aliphatic heterocycles. The summed E-state index contributed by atoms with van der Waals surface area (Å²) < 4.78 is 5.30. The lowest BCUT2D eigenvalue weighted by molar-refractivity contribution is -0.146. The van der Waals surface area contributed by atoms with Crippen LogP contribution in [0.2, 0.25) is 0 Å². The van der Waals surface area contributed by atoms with E-state index in [1.807, 2.05) is 12.1 Å². The van der Waals surface area contributed by atoms with Gasteiger partial charge in [0, 0.05) is 17.8 Å². The van der Waals surface area contributed by atoms with Gasteiger partial charge < -0.3 is 9.72 Å². The summed E-state index contributed by atoms with van der Waals surface area (Å²) in [6, 6.07) is 8.21. The number of ether oxygens (including phenoxy) is 1. The van der Waals surface area contributed by atoms with Crippen molar-refractivity contribution in [1.82, 2.24) is 4.98 Å². The van der Waals surface area contributed by atoms with Gasteiger partial charge in [-0.2, -0.15) is 0 Å². The quantitative estimate of drug-likeness (QED) is 0.743. The maximum absolute atomic E-state index is 11.0. The maximum Gasteiger partial charge on any atom is 0.303 e. The molecule has 1 aromatic heterocycles. The third kappa shape index (κ3) is 1.32. The van der Waals surface area contributed by atoms with E-state index in [9.17, 15) is 4.79 Å². The average Bonchev–Trinajstić information content (AvgIpc) is 2.78. The smallest absolute Gasteiger partial charge is 0.303 e. The molecule has 1 N–H and O–H groups in total. The second-order valence-electron chi connectivity index (χ2n) is 4.20. The zero-order valence-corrected chi connectivity index (χ0v) is 9.12. The molecule has 0 bridgehead atoms. The summed E-state index contributed by atoms with van der Waals surface area (Å²) in [5.41, 5.74) is 3.52. The fourth-order valence-corrected chi connectivity index (χ4v) is 2.50. The van der Waals surface area contributed by atoms with E-state index in [0.29, 0.717) is 0 Å². The number of H-pyrrole nitrogens is 1. The minimum absolute atomic E-state index is 0.0834. The van der Waals surface area contributed by atoms with Crippen LogP contribution in [0.1, 0.15) is 30.7 Å². The number of hydrogen-bond acceptors (Lipinski definition) is 2. The number of aromatic amines is 1. The van der Waals surface area contributed by atoms with Gasteiger partial charge in [-0.1, -0.05) is 18.2 Å². The number of esters is 1. The van der Waals surface area contributed by atoms with Gasteiger partial charge in [-0.05, 0) is 24.5 Å². The van der Waals surface area contributed by atoms with Crippen molar-refractivity contribution in [2.45, 2.75) is 25.9 Å². The highest BCUT2D eigenvalue weighted by Gasteiger charge is 2.28. The number of carbonyl (C=O) groups is 1. The number of rotatable bonds is 1. The van der Waals surface area contributed by atoms with Gasteiger partial charge in [0.25, 0.3) is 0 Å². The lowest BCUT2D eigenvalue weighted by Crippen LogP contribution is -2.05. The molecule has 1 heterocycles. The SMILES string of the molecule is CC(=O)OC1CCc2c1[nH]c1ccccc21.